The first-order valence-corrected chi connectivity index (χ1v) is 33.3. The van der Waals surface area contributed by atoms with Crippen molar-refractivity contribution in [1.29, 1.82) is 0 Å². The Bertz CT molecular complexity index is 5310. The summed E-state index contributed by atoms with van der Waals surface area (Å²) in [6.07, 6.45) is -0.00947. The van der Waals surface area contributed by atoms with Gasteiger partial charge in [-0.1, -0.05) is 228 Å². The summed E-state index contributed by atoms with van der Waals surface area (Å²) < 4.78 is 77.1. The number of benzene rings is 9. The number of para-hydroxylation sites is 2. The predicted octanol–water partition coefficient (Wildman–Crippen LogP) is 25.2. The molecule has 0 bridgehead atoms. The van der Waals surface area contributed by atoms with E-state index in [0.29, 0.717) is 39.8 Å². The van der Waals surface area contributed by atoms with Crippen LogP contribution in [0.15, 0.2) is 188 Å². The third kappa shape index (κ3) is 11.8. The Labute approximate surface area is 566 Å². The summed E-state index contributed by atoms with van der Waals surface area (Å²) in [4.78, 5) is 13.6. The molecule has 7 heteroatoms. The molecule has 0 saturated carbocycles. The van der Waals surface area contributed by atoms with E-state index in [4.69, 9.17) is 17.7 Å². The molecule has 0 amide bonds. The van der Waals surface area contributed by atoms with E-state index < -0.39 is 35.3 Å². The highest BCUT2D eigenvalue weighted by Crippen LogP contribution is 2.54. The van der Waals surface area contributed by atoms with Gasteiger partial charge in [0.1, 0.15) is 24.0 Å². The first kappa shape index (κ1) is 54.6. The van der Waals surface area contributed by atoms with Crippen LogP contribution in [0.2, 0.25) is 0 Å². The van der Waals surface area contributed by atoms with E-state index >= 15 is 0 Å². The SMILES string of the molecule is [2H]c1c([2H])c([2H])c(-c2cc(C(C)(C)C)cc(-c3cc(C(C)(C)C)cc(C(C)(C)C)c3)c2N2CN(c3cc(Oc4ccc5c6c7sc8c([N+]#[C-])cccc8c7ccc6n(-c6cc(C([2H])([2H])C(C)(C)C)ccn6)c5c4)cc(-c4c(C(C)(C)C)cccc4C(C)(C)C)c3)c3ccccc32)c([2H])c1[2H]. The summed E-state index contributed by atoms with van der Waals surface area (Å²) >= 11 is 1.62. The monoisotopic (exact) mass is 1250 g/mol. The molecular weight excluding hydrogens is 1150 g/mol. The van der Waals surface area contributed by atoms with Gasteiger partial charge in [0, 0.05) is 58.1 Å². The molecule has 0 fully saturated rings. The second-order valence-electron chi connectivity index (χ2n) is 31.5. The molecule has 470 valence electrons. The van der Waals surface area contributed by atoms with Crippen LogP contribution in [-0.4, -0.2) is 16.2 Å². The van der Waals surface area contributed by atoms with Crippen LogP contribution in [0.5, 0.6) is 11.5 Å². The number of pyridine rings is 1. The van der Waals surface area contributed by atoms with Crippen LogP contribution in [0, 0.1) is 12.0 Å². The Morgan fingerprint density at radius 3 is 1.75 bits per heavy atom. The lowest BCUT2D eigenvalue weighted by atomic mass is 9.74. The van der Waals surface area contributed by atoms with Gasteiger partial charge in [-0.05, 0) is 172 Å². The van der Waals surface area contributed by atoms with E-state index in [-0.39, 0.29) is 46.0 Å². The Hall–Kier alpha value is -8.96. The molecule has 0 saturated heterocycles. The second-order valence-corrected chi connectivity index (χ2v) is 32.5. The van der Waals surface area contributed by atoms with Crippen LogP contribution in [0.25, 0.3) is 86.0 Å². The maximum absolute atomic E-state index is 9.74. The number of hydrogen-bond donors (Lipinski definition) is 0. The molecule has 3 aromatic heterocycles. The van der Waals surface area contributed by atoms with Crippen LogP contribution in [0.4, 0.5) is 28.4 Å². The van der Waals surface area contributed by atoms with E-state index in [1.807, 2.05) is 51.1 Å². The van der Waals surface area contributed by atoms with E-state index in [1.165, 1.54) is 11.1 Å². The average molecular weight is 1250 g/mol. The maximum atomic E-state index is 9.74. The van der Waals surface area contributed by atoms with Crippen LogP contribution in [-0.2, 0) is 33.4 Å². The number of hydrogen-bond acceptors (Lipinski definition) is 5. The smallest absolute Gasteiger partial charge is 0.204 e. The van der Waals surface area contributed by atoms with Crippen LogP contribution in [0.1, 0.15) is 168 Å². The van der Waals surface area contributed by atoms with E-state index in [2.05, 4.69) is 238 Å². The number of thiophene rings is 1. The molecular formula is C86H89N5OS. The normalized spacial score (nSPS) is 14.7. The summed E-state index contributed by atoms with van der Waals surface area (Å²) in [5.74, 6) is 1.70. The van der Waals surface area contributed by atoms with Gasteiger partial charge in [0.05, 0.1) is 41.5 Å². The molecule has 0 N–H and O–H groups in total. The van der Waals surface area contributed by atoms with Crippen molar-refractivity contribution in [2.45, 2.75) is 158 Å². The highest BCUT2D eigenvalue weighted by Gasteiger charge is 2.35. The van der Waals surface area contributed by atoms with Crippen molar-refractivity contribution in [3.8, 4) is 50.7 Å². The zero-order valence-corrected chi connectivity index (χ0v) is 58.1. The fourth-order valence-corrected chi connectivity index (χ4v) is 14.7. The summed E-state index contributed by atoms with van der Waals surface area (Å²) in [5, 5.41) is 4.02. The molecule has 1 aliphatic heterocycles. The molecule has 93 heavy (non-hydrogen) atoms. The van der Waals surface area contributed by atoms with Crippen molar-refractivity contribution in [3.05, 3.63) is 233 Å². The molecule has 0 unspecified atom stereocenters. The Morgan fingerprint density at radius 1 is 0.527 bits per heavy atom. The fraction of sp³-hybridized carbons (Fsp3) is 0.302. The Kier molecular flexibility index (Phi) is 13.3. The minimum Gasteiger partial charge on any atom is -0.457 e. The zero-order valence-electron chi connectivity index (χ0n) is 64.3. The minimum atomic E-state index is -1.71. The second kappa shape index (κ2) is 22.7. The molecule has 9 aromatic carbocycles. The molecule has 13 rings (SSSR count). The van der Waals surface area contributed by atoms with Crippen molar-refractivity contribution >= 4 is 81.8 Å². The third-order valence-electron chi connectivity index (χ3n) is 18.1. The molecule has 4 heterocycles. The Balaban J connectivity index is 1.07. The van der Waals surface area contributed by atoms with E-state index in [0.717, 1.165) is 98.0 Å². The summed E-state index contributed by atoms with van der Waals surface area (Å²) in [7, 11) is 0. The highest BCUT2D eigenvalue weighted by atomic mass is 32.1. The molecule has 0 atom stereocenters. The lowest BCUT2D eigenvalue weighted by Crippen LogP contribution is -2.25. The highest BCUT2D eigenvalue weighted by molar-refractivity contribution is 7.27. The van der Waals surface area contributed by atoms with Crippen molar-refractivity contribution in [2.24, 2.45) is 5.41 Å². The summed E-state index contributed by atoms with van der Waals surface area (Å²) in [5.41, 5.74) is 14.1. The molecule has 1 aliphatic rings. The third-order valence-corrected chi connectivity index (χ3v) is 19.4. The summed E-state index contributed by atoms with van der Waals surface area (Å²) in [6, 6.07) is 51.0. The largest absolute Gasteiger partial charge is 0.457 e. The van der Waals surface area contributed by atoms with Gasteiger partial charge in [-0.3, -0.25) is 4.57 Å². The number of fused-ring (bicyclic) bond motifs is 8. The first-order valence-electron chi connectivity index (χ1n) is 36.0. The van der Waals surface area contributed by atoms with E-state index in [9.17, 15) is 8.22 Å². The molecule has 0 spiro atoms. The van der Waals surface area contributed by atoms with Gasteiger partial charge in [0.2, 0.25) is 5.69 Å². The lowest BCUT2D eigenvalue weighted by molar-refractivity contribution is 0.411. The van der Waals surface area contributed by atoms with Crippen molar-refractivity contribution in [2.75, 3.05) is 16.5 Å². The van der Waals surface area contributed by atoms with Gasteiger partial charge in [-0.15, -0.1) is 11.3 Å². The van der Waals surface area contributed by atoms with Crippen LogP contribution >= 0.6 is 11.3 Å². The molecule has 6 nitrogen and oxygen atoms in total. The quantitative estimate of drug-likeness (QED) is 0.135. The number of anilines is 4. The van der Waals surface area contributed by atoms with Gasteiger partial charge in [0.25, 0.3) is 0 Å². The molecule has 0 radical (unpaired) electrons. The van der Waals surface area contributed by atoms with Crippen molar-refractivity contribution in [3.63, 3.8) is 0 Å². The van der Waals surface area contributed by atoms with E-state index in [1.54, 1.807) is 23.6 Å². The Morgan fingerprint density at radius 2 is 1.13 bits per heavy atom. The molecule has 12 aromatic rings. The number of aromatic nitrogens is 2. The topological polar surface area (TPSA) is 37.9 Å². The number of nitrogens with zero attached hydrogens (tertiary/aromatic N) is 5. The van der Waals surface area contributed by atoms with Gasteiger partial charge < -0.3 is 14.5 Å². The fourth-order valence-electron chi connectivity index (χ4n) is 13.4. The van der Waals surface area contributed by atoms with Crippen molar-refractivity contribution in [1.82, 2.24) is 9.55 Å². The van der Waals surface area contributed by atoms with Crippen LogP contribution < -0.4 is 14.5 Å². The average Bonchev–Trinajstić information content (AvgIpc) is 1.53. The van der Waals surface area contributed by atoms with Gasteiger partial charge in [0.15, 0.2) is 0 Å². The summed E-state index contributed by atoms with van der Waals surface area (Å²) in [6.45, 7) is 47.6. The lowest BCUT2D eigenvalue weighted by Gasteiger charge is -2.32. The van der Waals surface area contributed by atoms with Gasteiger partial charge >= 0.3 is 0 Å². The standard InChI is InChI=1S/C86H89N5OS/c1-81(2,3)51-53-39-40-88-75(41-53)91-73-38-37-64-63-29-25-32-70(87-19)79(63)93-80(64)77(73)65-36-35-61(50-74(65)91)92-62-45-56(76-68(85(13,14)15)30-26-31-69(76)86(16,17)18)44-60(49-62)89-52-90(72-34-24-23-33-71(72)89)78-66(54-27-21-20-22-28-54)47-59(84(10,11)12)48-67(78)55-42-57(82(4,5)6)46-58(43-55)83(7,8)9/h20-50H,51-52H2,1-18H3/i20D,21D,22D,27D,28D,51D2. The molecule has 0 aliphatic carbocycles. The number of rotatable bonds is 9. The minimum absolute atomic E-state index is 0.131. The van der Waals surface area contributed by atoms with Crippen LogP contribution in [0.3, 0.4) is 0 Å². The first-order chi connectivity index (χ1) is 46.7. The van der Waals surface area contributed by atoms with Gasteiger partial charge in [-0.2, -0.15) is 0 Å². The predicted molar refractivity (Wildman–Crippen MR) is 399 cm³/mol. The van der Waals surface area contributed by atoms with Gasteiger partial charge in [-0.25, -0.2) is 9.83 Å². The zero-order chi connectivity index (χ0) is 72.2. The maximum Gasteiger partial charge on any atom is 0.204 e. The number of ether oxygens (including phenoxy) is 1. The van der Waals surface area contributed by atoms with Crippen molar-refractivity contribution < 1.29 is 14.3 Å².